The van der Waals surface area contributed by atoms with Gasteiger partial charge < -0.3 is 18.6 Å². The van der Waals surface area contributed by atoms with Gasteiger partial charge in [-0.15, -0.1) is 10.2 Å². The number of halogens is 2. The van der Waals surface area contributed by atoms with Gasteiger partial charge in [0, 0.05) is 5.56 Å². The van der Waals surface area contributed by atoms with E-state index in [1.165, 1.54) is 21.3 Å². The third kappa shape index (κ3) is 4.00. The molecule has 2 heterocycles. The SMILES string of the molecule is COc1cc(-c2nnc(SCc3nc4ccccc4n3C(F)F)o2)cc(OC)c1OC. The number of rotatable bonds is 8. The van der Waals surface area contributed by atoms with E-state index in [0.29, 0.717) is 33.8 Å². The van der Waals surface area contributed by atoms with Crippen molar-refractivity contribution in [1.29, 1.82) is 0 Å². The molecule has 0 bridgehead atoms. The standard InChI is InChI=1S/C20H18F2N4O4S/c1-27-14-8-11(9-15(28-2)17(14)29-3)18-24-25-20(30-18)31-10-16-23-12-6-4-5-7-13(12)26(16)19(21)22/h4-9,19H,10H2,1-3H3. The number of para-hydroxylation sites is 2. The van der Waals surface area contributed by atoms with Crippen molar-refractivity contribution in [1.82, 2.24) is 19.7 Å². The van der Waals surface area contributed by atoms with E-state index in [9.17, 15) is 8.78 Å². The maximum absolute atomic E-state index is 13.6. The van der Waals surface area contributed by atoms with Crippen LogP contribution in [0, 0.1) is 0 Å². The van der Waals surface area contributed by atoms with Crippen LogP contribution in [0.3, 0.4) is 0 Å². The molecule has 0 aliphatic rings. The Kier molecular flexibility index (Phi) is 5.94. The largest absolute Gasteiger partial charge is 0.493 e. The fourth-order valence-corrected chi connectivity index (χ4v) is 3.82. The topological polar surface area (TPSA) is 84.4 Å². The van der Waals surface area contributed by atoms with E-state index < -0.39 is 6.55 Å². The van der Waals surface area contributed by atoms with E-state index >= 15 is 0 Å². The van der Waals surface area contributed by atoms with Crippen LogP contribution in [0.5, 0.6) is 17.2 Å². The molecule has 2 aromatic heterocycles. The first kappa shape index (κ1) is 20.9. The summed E-state index contributed by atoms with van der Waals surface area (Å²) in [6.07, 6.45) is 0. The minimum absolute atomic E-state index is 0.135. The van der Waals surface area contributed by atoms with Crippen LogP contribution in [0.25, 0.3) is 22.5 Å². The number of thioether (sulfide) groups is 1. The third-order valence-corrected chi connectivity index (χ3v) is 5.32. The molecule has 0 atom stereocenters. The van der Waals surface area contributed by atoms with E-state index in [0.717, 1.165) is 16.3 Å². The highest BCUT2D eigenvalue weighted by atomic mass is 32.2. The predicted octanol–water partition coefficient (Wildman–Crippen LogP) is 4.80. The average Bonchev–Trinajstić information content (AvgIpc) is 3.40. The fraction of sp³-hybridized carbons (Fsp3) is 0.250. The Bertz CT molecular complexity index is 1190. The average molecular weight is 448 g/mol. The molecule has 0 aliphatic carbocycles. The number of alkyl halides is 2. The van der Waals surface area contributed by atoms with Crippen molar-refractivity contribution in [3.8, 4) is 28.7 Å². The molecule has 0 unspecified atom stereocenters. The molecule has 0 fully saturated rings. The van der Waals surface area contributed by atoms with Gasteiger partial charge in [0.25, 0.3) is 5.22 Å². The number of benzene rings is 2. The van der Waals surface area contributed by atoms with Gasteiger partial charge in [0.05, 0.1) is 38.1 Å². The number of ether oxygens (including phenoxy) is 3. The monoisotopic (exact) mass is 448 g/mol. The van der Waals surface area contributed by atoms with E-state index in [1.54, 1.807) is 36.4 Å². The Labute approximate surface area is 180 Å². The van der Waals surface area contributed by atoms with Crippen LogP contribution in [0.2, 0.25) is 0 Å². The molecular formula is C20H18F2N4O4S. The van der Waals surface area contributed by atoms with Crippen LogP contribution in [-0.2, 0) is 5.75 Å². The van der Waals surface area contributed by atoms with Crippen LogP contribution >= 0.6 is 11.8 Å². The van der Waals surface area contributed by atoms with E-state index in [4.69, 9.17) is 18.6 Å². The Balaban J connectivity index is 1.58. The second kappa shape index (κ2) is 8.80. The Morgan fingerprint density at radius 2 is 1.74 bits per heavy atom. The summed E-state index contributed by atoms with van der Waals surface area (Å²) in [5, 5.41) is 8.26. The van der Waals surface area contributed by atoms with Gasteiger partial charge in [-0.1, -0.05) is 23.9 Å². The minimum Gasteiger partial charge on any atom is -0.493 e. The molecule has 31 heavy (non-hydrogen) atoms. The maximum Gasteiger partial charge on any atom is 0.320 e. The first-order chi connectivity index (χ1) is 15.0. The zero-order valence-corrected chi connectivity index (χ0v) is 17.7. The van der Waals surface area contributed by atoms with Gasteiger partial charge in [-0.3, -0.25) is 4.57 Å². The first-order valence-corrected chi connectivity index (χ1v) is 10.0. The summed E-state index contributed by atoms with van der Waals surface area (Å²) in [7, 11) is 4.52. The lowest BCUT2D eigenvalue weighted by Crippen LogP contribution is -2.03. The lowest BCUT2D eigenvalue weighted by molar-refractivity contribution is 0.0722. The number of fused-ring (bicyclic) bond motifs is 1. The van der Waals surface area contributed by atoms with Crippen LogP contribution in [0.4, 0.5) is 8.78 Å². The highest BCUT2D eigenvalue weighted by Crippen LogP contribution is 2.41. The van der Waals surface area contributed by atoms with Crippen molar-refractivity contribution in [2.75, 3.05) is 21.3 Å². The summed E-state index contributed by atoms with van der Waals surface area (Å²) >= 11 is 1.12. The summed E-state index contributed by atoms with van der Waals surface area (Å²) in [5.74, 6) is 1.90. The Morgan fingerprint density at radius 1 is 1.03 bits per heavy atom. The summed E-state index contributed by atoms with van der Waals surface area (Å²) in [5.41, 5.74) is 1.44. The molecule has 0 saturated heterocycles. The normalized spacial score (nSPS) is 11.3. The van der Waals surface area contributed by atoms with Gasteiger partial charge in [0.1, 0.15) is 5.82 Å². The Hall–Kier alpha value is -3.34. The lowest BCUT2D eigenvalue weighted by atomic mass is 10.2. The quantitative estimate of drug-likeness (QED) is 0.356. The molecule has 0 amide bonds. The second-order valence-electron chi connectivity index (χ2n) is 6.24. The van der Waals surface area contributed by atoms with Gasteiger partial charge in [-0.25, -0.2) is 4.98 Å². The van der Waals surface area contributed by atoms with Crippen molar-refractivity contribution in [2.24, 2.45) is 0 Å². The van der Waals surface area contributed by atoms with Gasteiger partial charge in [-0.05, 0) is 24.3 Å². The third-order valence-electron chi connectivity index (χ3n) is 4.51. The van der Waals surface area contributed by atoms with Gasteiger partial charge in [0.2, 0.25) is 11.6 Å². The van der Waals surface area contributed by atoms with E-state index in [1.807, 2.05) is 0 Å². The predicted molar refractivity (Wildman–Crippen MR) is 110 cm³/mol. The summed E-state index contributed by atoms with van der Waals surface area (Å²) < 4.78 is 49.7. The molecule has 0 aliphatic heterocycles. The van der Waals surface area contributed by atoms with Crippen LogP contribution < -0.4 is 14.2 Å². The molecule has 4 aromatic rings. The number of nitrogens with zero attached hydrogens (tertiary/aromatic N) is 4. The maximum atomic E-state index is 13.6. The van der Waals surface area contributed by atoms with Crippen molar-refractivity contribution in [2.45, 2.75) is 17.5 Å². The lowest BCUT2D eigenvalue weighted by Gasteiger charge is -2.12. The first-order valence-electron chi connectivity index (χ1n) is 9.06. The molecule has 8 nitrogen and oxygen atoms in total. The highest BCUT2D eigenvalue weighted by molar-refractivity contribution is 7.98. The zero-order valence-electron chi connectivity index (χ0n) is 16.8. The fourth-order valence-electron chi connectivity index (χ4n) is 3.13. The molecule has 0 spiro atoms. The van der Waals surface area contributed by atoms with Crippen molar-refractivity contribution >= 4 is 22.8 Å². The number of methoxy groups -OCH3 is 3. The molecule has 0 N–H and O–H groups in total. The van der Waals surface area contributed by atoms with Crippen molar-refractivity contribution < 1.29 is 27.4 Å². The van der Waals surface area contributed by atoms with Crippen LogP contribution in [0.15, 0.2) is 46.0 Å². The molecule has 0 saturated carbocycles. The second-order valence-corrected chi connectivity index (χ2v) is 7.17. The van der Waals surface area contributed by atoms with Crippen LogP contribution in [-0.4, -0.2) is 41.1 Å². The zero-order chi connectivity index (χ0) is 22.0. The summed E-state index contributed by atoms with van der Waals surface area (Å²) in [4.78, 5) is 4.30. The van der Waals surface area contributed by atoms with E-state index in [2.05, 4.69) is 15.2 Å². The molecular weight excluding hydrogens is 430 g/mol. The van der Waals surface area contributed by atoms with Crippen LogP contribution in [0.1, 0.15) is 12.4 Å². The molecule has 0 radical (unpaired) electrons. The van der Waals surface area contributed by atoms with Gasteiger partial charge >= 0.3 is 6.55 Å². The number of hydrogen-bond acceptors (Lipinski definition) is 8. The molecule has 162 valence electrons. The molecule has 11 heteroatoms. The smallest absolute Gasteiger partial charge is 0.320 e. The number of imidazole rings is 1. The summed E-state index contributed by atoms with van der Waals surface area (Å²) in [6, 6.07) is 10.1. The number of hydrogen-bond donors (Lipinski definition) is 0. The minimum atomic E-state index is -2.71. The van der Waals surface area contributed by atoms with Crippen molar-refractivity contribution in [3.05, 3.63) is 42.2 Å². The summed E-state index contributed by atoms with van der Waals surface area (Å²) in [6.45, 7) is -2.71. The van der Waals surface area contributed by atoms with Crippen molar-refractivity contribution in [3.63, 3.8) is 0 Å². The van der Waals surface area contributed by atoms with E-state index in [-0.39, 0.29) is 22.7 Å². The Morgan fingerprint density at radius 3 is 2.39 bits per heavy atom. The van der Waals surface area contributed by atoms with Gasteiger partial charge in [-0.2, -0.15) is 8.78 Å². The number of aromatic nitrogens is 4. The molecule has 4 rings (SSSR count). The highest BCUT2D eigenvalue weighted by Gasteiger charge is 2.20. The van der Waals surface area contributed by atoms with Gasteiger partial charge in [0.15, 0.2) is 11.5 Å². The molecule has 2 aromatic carbocycles.